The zero-order valence-corrected chi connectivity index (χ0v) is 25.2. The fourth-order valence-corrected chi connectivity index (χ4v) is 5.20. The molecule has 0 fully saturated rings. The van der Waals surface area contributed by atoms with Crippen molar-refractivity contribution >= 4 is 54.4 Å². The molecule has 0 saturated carbocycles. The molecule has 0 aliphatic rings. The Kier molecular flexibility index (Phi) is 10.2. The summed E-state index contributed by atoms with van der Waals surface area (Å²) in [4.78, 5) is 29.1. The Bertz CT molecular complexity index is 1410. The van der Waals surface area contributed by atoms with Crippen molar-refractivity contribution in [3.05, 3.63) is 111 Å². The molecule has 5 nitrogen and oxygen atoms in total. The van der Waals surface area contributed by atoms with E-state index in [1.54, 1.807) is 4.90 Å². The summed E-state index contributed by atoms with van der Waals surface area (Å²) in [6, 6.07) is 28.7. The number of nitrogens with one attached hydrogen (secondary N) is 1. The lowest BCUT2D eigenvalue weighted by molar-refractivity contribution is -0.143. The lowest BCUT2D eigenvalue weighted by Gasteiger charge is -2.32. The largest absolute Gasteiger partial charge is 0.483 e. The van der Waals surface area contributed by atoms with Crippen molar-refractivity contribution in [2.24, 2.45) is 0 Å². The van der Waals surface area contributed by atoms with E-state index in [1.807, 2.05) is 105 Å². The maximum Gasteiger partial charge on any atom is 0.261 e. The van der Waals surface area contributed by atoms with Gasteiger partial charge in [-0.25, -0.2) is 0 Å². The molecule has 1 N–H and O–H groups in total. The van der Waals surface area contributed by atoms with Gasteiger partial charge < -0.3 is 15.0 Å². The predicted molar refractivity (Wildman–Crippen MR) is 164 cm³/mol. The normalized spacial score (nSPS) is 12.5. The minimum Gasteiger partial charge on any atom is -0.483 e. The number of hydrogen-bond donors (Lipinski definition) is 1. The van der Waals surface area contributed by atoms with Crippen LogP contribution in [0.4, 0.5) is 0 Å². The second-order valence-corrected chi connectivity index (χ2v) is 11.3. The van der Waals surface area contributed by atoms with Crippen LogP contribution in [0.5, 0.6) is 5.75 Å². The van der Waals surface area contributed by atoms with Crippen molar-refractivity contribution in [3.8, 4) is 5.75 Å². The summed E-state index contributed by atoms with van der Waals surface area (Å²) in [5, 5.41) is 5.17. The standard InChI is InChI=1S/C32H32Br2N2O3/c1-3-22(2)35-32(38)28(19-23-9-5-4-6-10-23)36(20-24-13-16-26(33)17-14-24)30(37)21-39-29-18-15-25-11-7-8-12-27(25)31(29)34/h4-18,22,28H,3,19-21H2,1-2H3,(H,35,38)/t22-,28+/m1/s1. The van der Waals surface area contributed by atoms with Crippen molar-refractivity contribution < 1.29 is 14.3 Å². The molecule has 4 aromatic rings. The summed E-state index contributed by atoms with van der Waals surface area (Å²) in [6.07, 6.45) is 1.19. The molecule has 4 rings (SSSR count). The van der Waals surface area contributed by atoms with Crippen LogP contribution in [0, 0.1) is 0 Å². The molecular formula is C32H32Br2N2O3. The van der Waals surface area contributed by atoms with Crippen LogP contribution < -0.4 is 10.1 Å². The first-order valence-corrected chi connectivity index (χ1v) is 14.6. The van der Waals surface area contributed by atoms with E-state index in [0.717, 1.165) is 37.3 Å². The van der Waals surface area contributed by atoms with Crippen LogP contribution in [0.2, 0.25) is 0 Å². The van der Waals surface area contributed by atoms with E-state index >= 15 is 0 Å². The number of ether oxygens (including phenoxy) is 1. The Balaban J connectivity index is 1.64. The molecule has 39 heavy (non-hydrogen) atoms. The molecule has 4 aromatic carbocycles. The van der Waals surface area contributed by atoms with Gasteiger partial charge in [0.05, 0.1) is 4.47 Å². The quantitative estimate of drug-likeness (QED) is 0.185. The molecule has 0 spiro atoms. The number of halogens is 2. The van der Waals surface area contributed by atoms with Gasteiger partial charge in [0, 0.05) is 23.5 Å². The van der Waals surface area contributed by atoms with E-state index in [1.165, 1.54) is 0 Å². The van der Waals surface area contributed by atoms with E-state index in [4.69, 9.17) is 4.74 Å². The van der Waals surface area contributed by atoms with E-state index in [2.05, 4.69) is 37.2 Å². The Morgan fingerprint density at radius 1 is 0.872 bits per heavy atom. The highest BCUT2D eigenvalue weighted by Crippen LogP contribution is 2.33. The first-order chi connectivity index (χ1) is 18.9. The second kappa shape index (κ2) is 13.8. The van der Waals surface area contributed by atoms with Crippen LogP contribution in [0.15, 0.2) is 99.9 Å². The fraction of sp³-hybridized carbons (Fsp3) is 0.250. The number of nitrogens with zero attached hydrogens (tertiary/aromatic N) is 1. The van der Waals surface area contributed by atoms with Crippen LogP contribution in [-0.4, -0.2) is 35.4 Å². The SMILES string of the molecule is CC[C@@H](C)NC(=O)[C@H](Cc1ccccc1)N(Cc1ccc(Br)cc1)C(=O)COc1ccc2ccccc2c1Br. The summed E-state index contributed by atoms with van der Waals surface area (Å²) in [6.45, 7) is 4.07. The highest BCUT2D eigenvalue weighted by atomic mass is 79.9. The zero-order valence-electron chi connectivity index (χ0n) is 22.1. The van der Waals surface area contributed by atoms with Crippen LogP contribution >= 0.6 is 31.9 Å². The van der Waals surface area contributed by atoms with Crippen molar-refractivity contribution in [1.29, 1.82) is 0 Å². The van der Waals surface area contributed by atoms with Crippen LogP contribution in [0.1, 0.15) is 31.4 Å². The summed E-state index contributed by atoms with van der Waals surface area (Å²) >= 11 is 7.12. The number of carbonyl (C=O) groups excluding carboxylic acids is 2. The smallest absolute Gasteiger partial charge is 0.261 e. The number of rotatable bonds is 11. The lowest BCUT2D eigenvalue weighted by atomic mass is 10.0. The Morgan fingerprint density at radius 2 is 1.56 bits per heavy atom. The van der Waals surface area contributed by atoms with Gasteiger partial charge >= 0.3 is 0 Å². The van der Waals surface area contributed by atoms with Gasteiger partial charge in [0.2, 0.25) is 5.91 Å². The Morgan fingerprint density at radius 3 is 2.28 bits per heavy atom. The Hall–Kier alpha value is -3.16. The van der Waals surface area contributed by atoms with Gasteiger partial charge in [0.15, 0.2) is 6.61 Å². The van der Waals surface area contributed by atoms with Gasteiger partial charge in [-0.1, -0.05) is 95.7 Å². The van der Waals surface area contributed by atoms with Gasteiger partial charge in [-0.2, -0.15) is 0 Å². The molecule has 2 amide bonds. The van der Waals surface area contributed by atoms with Crippen LogP contribution in [0.3, 0.4) is 0 Å². The van der Waals surface area contributed by atoms with Gasteiger partial charge in [0.1, 0.15) is 11.8 Å². The van der Waals surface area contributed by atoms with Crippen molar-refractivity contribution in [3.63, 3.8) is 0 Å². The monoisotopic (exact) mass is 650 g/mol. The minimum absolute atomic E-state index is 0.00906. The van der Waals surface area contributed by atoms with Crippen molar-refractivity contribution in [2.75, 3.05) is 6.61 Å². The van der Waals surface area contributed by atoms with Gasteiger partial charge in [0.25, 0.3) is 5.91 Å². The summed E-state index contributed by atoms with van der Waals surface area (Å²) in [7, 11) is 0. The molecule has 7 heteroatoms. The molecule has 0 bridgehead atoms. The zero-order chi connectivity index (χ0) is 27.8. The molecule has 2 atom stereocenters. The van der Waals surface area contributed by atoms with E-state index in [-0.39, 0.29) is 31.0 Å². The summed E-state index contributed by atoms with van der Waals surface area (Å²) in [5.74, 6) is 0.137. The molecule has 0 heterocycles. The van der Waals surface area contributed by atoms with Gasteiger partial charge in [-0.15, -0.1) is 0 Å². The molecular weight excluding hydrogens is 620 g/mol. The van der Waals surface area contributed by atoms with Gasteiger partial charge in [-0.05, 0) is 69.4 Å². The average molecular weight is 652 g/mol. The molecule has 202 valence electrons. The number of fused-ring (bicyclic) bond motifs is 1. The third-order valence-electron chi connectivity index (χ3n) is 6.72. The first-order valence-electron chi connectivity index (χ1n) is 13.0. The number of amides is 2. The number of hydrogen-bond acceptors (Lipinski definition) is 3. The third-order valence-corrected chi connectivity index (χ3v) is 8.06. The predicted octanol–water partition coefficient (Wildman–Crippen LogP) is 7.30. The minimum atomic E-state index is -0.707. The van der Waals surface area contributed by atoms with E-state index in [9.17, 15) is 9.59 Å². The molecule has 0 aliphatic heterocycles. The average Bonchev–Trinajstić information content (AvgIpc) is 2.96. The van der Waals surface area contributed by atoms with Crippen LogP contribution in [0.25, 0.3) is 10.8 Å². The second-order valence-electron chi connectivity index (χ2n) is 9.56. The van der Waals surface area contributed by atoms with Crippen LogP contribution in [-0.2, 0) is 22.6 Å². The number of benzene rings is 4. The molecule has 0 saturated heterocycles. The van der Waals surface area contributed by atoms with Crippen molar-refractivity contribution in [2.45, 2.75) is 45.3 Å². The van der Waals surface area contributed by atoms with Crippen molar-refractivity contribution in [1.82, 2.24) is 10.2 Å². The van der Waals surface area contributed by atoms with E-state index in [0.29, 0.717) is 12.2 Å². The van der Waals surface area contributed by atoms with Gasteiger partial charge in [-0.3, -0.25) is 9.59 Å². The molecule has 0 unspecified atom stereocenters. The lowest BCUT2D eigenvalue weighted by Crippen LogP contribution is -2.53. The first kappa shape index (κ1) is 28.8. The summed E-state index contributed by atoms with van der Waals surface area (Å²) < 4.78 is 7.79. The number of carbonyl (C=O) groups is 2. The van der Waals surface area contributed by atoms with E-state index < -0.39 is 6.04 Å². The fourth-order valence-electron chi connectivity index (χ4n) is 4.33. The molecule has 0 aliphatic carbocycles. The third kappa shape index (κ3) is 7.70. The highest BCUT2D eigenvalue weighted by molar-refractivity contribution is 9.11. The maximum atomic E-state index is 13.9. The maximum absolute atomic E-state index is 13.9. The molecule has 0 radical (unpaired) electrons. The Labute approximate surface area is 246 Å². The highest BCUT2D eigenvalue weighted by Gasteiger charge is 2.31. The summed E-state index contributed by atoms with van der Waals surface area (Å²) in [5.41, 5.74) is 1.90. The topological polar surface area (TPSA) is 58.6 Å². The molecule has 0 aromatic heterocycles.